The van der Waals surface area contributed by atoms with Crippen molar-refractivity contribution < 1.29 is 27.6 Å². The van der Waals surface area contributed by atoms with Crippen LogP contribution in [0, 0.1) is 5.82 Å². The minimum absolute atomic E-state index is 0.0611. The third kappa shape index (κ3) is 6.10. The number of anilines is 1. The summed E-state index contributed by atoms with van der Waals surface area (Å²) in [5.74, 6) is 0.289. The summed E-state index contributed by atoms with van der Waals surface area (Å²) < 4.78 is 29.6. The van der Waals surface area contributed by atoms with Crippen molar-refractivity contribution in [2.45, 2.75) is 13.2 Å². The average Bonchev–Trinajstić information content (AvgIpc) is 3.51. The molecule has 0 unspecified atom stereocenters. The van der Waals surface area contributed by atoms with Crippen LogP contribution in [0.25, 0.3) is 0 Å². The molecule has 0 atom stereocenters. The maximum Gasteiger partial charge on any atom is 0.290 e. The van der Waals surface area contributed by atoms with Crippen molar-refractivity contribution in [1.29, 1.82) is 0 Å². The number of benzene rings is 2. The maximum atomic E-state index is 13.1. The number of halogens is 1. The van der Waals surface area contributed by atoms with E-state index in [2.05, 4.69) is 5.32 Å². The molecule has 1 N–H and O–H groups in total. The summed E-state index contributed by atoms with van der Waals surface area (Å²) in [7, 11) is 0. The third-order valence-electron chi connectivity index (χ3n) is 4.67. The van der Waals surface area contributed by atoms with E-state index >= 15 is 0 Å². The molecule has 0 spiro atoms. The fraction of sp³-hybridized carbons (Fsp3) is 0.120. The Morgan fingerprint density at radius 1 is 0.909 bits per heavy atom. The molecule has 0 aliphatic heterocycles. The topological polar surface area (TPSA) is 84.9 Å². The van der Waals surface area contributed by atoms with E-state index in [9.17, 15) is 14.0 Å². The molecule has 2 aromatic carbocycles. The van der Waals surface area contributed by atoms with Crippen molar-refractivity contribution in [3.05, 3.63) is 108 Å². The van der Waals surface area contributed by atoms with Crippen LogP contribution in [0.3, 0.4) is 0 Å². The number of hydrogen-bond acceptors (Lipinski definition) is 5. The molecule has 8 heteroatoms. The fourth-order valence-electron chi connectivity index (χ4n) is 3.10. The van der Waals surface area contributed by atoms with E-state index in [4.69, 9.17) is 13.6 Å². The number of ether oxygens (including phenoxy) is 1. The molecule has 0 aliphatic carbocycles. The number of amides is 2. The van der Waals surface area contributed by atoms with Crippen molar-refractivity contribution >= 4 is 17.5 Å². The molecule has 0 bridgehead atoms. The smallest absolute Gasteiger partial charge is 0.290 e. The molecule has 2 amide bonds. The minimum atomic E-state index is -0.470. The van der Waals surface area contributed by atoms with Gasteiger partial charge in [-0.3, -0.25) is 9.59 Å². The van der Waals surface area contributed by atoms with Crippen molar-refractivity contribution in [3.63, 3.8) is 0 Å². The molecular formula is C25H21FN2O5. The Hall–Kier alpha value is -4.33. The molecule has 2 heterocycles. The van der Waals surface area contributed by atoms with Gasteiger partial charge in [-0.25, -0.2) is 4.39 Å². The van der Waals surface area contributed by atoms with E-state index in [0.717, 1.165) is 0 Å². The fourth-order valence-corrected chi connectivity index (χ4v) is 3.10. The van der Waals surface area contributed by atoms with Crippen LogP contribution in [-0.2, 0) is 17.9 Å². The number of rotatable bonds is 9. The van der Waals surface area contributed by atoms with E-state index in [1.54, 1.807) is 42.5 Å². The van der Waals surface area contributed by atoms with Crippen LogP contribution in [0.2, 0.25) is 0 Å². The lowest BCUT2D eigenvalue weighted by molar-refractivity contribution is -0.117. The van der Waals surface area contributed by atoms with Gasteiger partial charge in [-0.15, -0.1) is 0 Å². The molecule has 0 aliphatic rings. The zero-order chi connectivity index (χ0) is 23.0. The number of carbonyl (C=O) groups is 2. The van der Waals surface area contributed by atoms with Gasteiger partial charge in [0.25, 0.3) is 5.91 Å². The van der Waals surface area contributed by atoms with Gasteiger partial charge in [-0.2, -0.15) is 0 Å². The second kappa shape index (κ2) is 10.3. The quantitative estimate of drug-likeness (QED) is 0.395. The first-order chi connectivity index (χ1) is 16.1. The normalized spacial score (nSPS) is 10.6. The third-order valence-corrected chi connectivity index (χ3v) is 4.67. The molecule has 2 aromatic heterocycles. The molecule has 168 valence electrons. The van der Waals surface area contributed by atoms with Gasteiger partial charge < -0.3 is 23.8 Å². The highest BCUT2D eigenvalue weighted by Gasteiger charge is 2.23. The molecule has 4 rings (SSSR count). The molecule has 0 saturated heterocycles. The number of para-hydroxylation sites is 1. The standard InChI is InChI=1S/C25H21FN2O5/c26-18-8-10-20(11-9-18)32-17-22-12-13-23(33-22)25(30)28(15-21-7-4-14-31-21)16-24(29)27-19-5-2-1-3-6-19/h1-14H,15-17H2,(H,27,29). The molecule has 7 nitrogen and oxygen atoms in total. The van der Waals surface area contributed by atoms with Gasteiger partial charge >= 0.3 is 0 Å². The summed E-state index contributed by atoms with van der Waals surface area (Å²) in [4.78, 5) is 27.0. The highest BCUT2D eigenvalue weighted by atomic mass is 19.1. The van der Waals surface area contributed by atoms with Gasteiger partial charge in [0, 0.05) is 5.69 Å². The molecule has 4 aromatic rings. The molecule has 0 fully saturated rings. The van der Waals surface area contributed by atoms with Crippen LogP contribution in [-0.4, -0.2) is 23.3 Å². The average molecular weight is 448 g/mol. The van der Waals surface area contributed by atoms with Gasteiger partial charge in [0.2, 0.25) is 5.91 Å². The van der Waals surface area contributed by atoms with E-state index in [-0.39, 0.29) is 37.2 Å². The van der Waals surface area contributed by atoms with Gasteiger partial charge in [-0.05, 0) is 60.7 Å². The largest absolute Gasteiger partial charge is 0.486 e. The van der Waals surface area contributed by atoms with E-state index in [0.29, 0.717) is 23.0 Å². The second-order valence-electron chi connectivity index (χ2n) is 7.16. The van der Waals surface area contributed by atoms with Gasteiger partial charge in [0.05, 0.1) is 12.8 Å². The number of nitrogens with zero attached hydrogens (tertiary/aromatic N) is 1. The SMILES string of the molecule is O=C(CN(Cc1ccco1)C(=O)c1ccc(COc2ccc(F)cc2)o1)Nc1ccccc1. The predicted molar refractivity (Wildman–Crippen MR) is 118 cm³/mol. The molecule has 33 heavy (non-hydrogen) atoms. The lowest BCUT2D eigenvalue weighted by atomic mass is 10.3. The lowest BCUT2D eigenvalue weighted by Gasteiger charge is -2.20. The Kier molecular flexibility index (Phi) is 6.84. The van der Waals surface area contributed by atoms with Gasteiger partial charge in [-0.1, -0.05) is 18.2 Å². The highest BCUT2D eigenvalue weighted by Crippen LogP contribution is 2.17. The van der Waals surface area contributed by atoms with E-state index in [1.165, 1.54) is 41.5 Å². The molecular weight excluding hydrogens is 427 g/mol. The van der Waals surface area contributed by atoms with Crippen LogP contribution in [0.5, 0.6) is 5.75 Å². The Morgan fingerprint density at radius 3 is 2.42 bits per heavy atom. The Balaban J connectivity index is 1.43. The van der Waals surface area contributed by atoms with E-state index < -0.39 is 5.91 Å². The summed E-state index contributed by atoms with van der Waals surface area (Å²) in [5, 5.41) is 2.77. The highest BCUT2D eigenvalue weighted by molar-refractivity contribution is 5.98. The Bertz CT molecular complexity index is 1190. The number of furan rings is 2. The first-order valence-electron chi connectivity index (χ1n) is 10.2. The lowest BCUT2D eigenvalue weighted by Crippen LogP contribution is -2.37. The first kappa shape index (κ1) is 21.9. The monoisotopic (exact) mass is 448 g/mol. The summed E-state index contributed by atoms with van der Waals surface area (Å²) in [6, 6.07) is 21.1. The van der Waals surface area contributed by atoms with Crippen molar-refractivity contribution in [2.24, 2.45) is 0 Å². The summed E-state index contributed by atoms with van der Waals surface area (Å²) in [5.41, 5.74) is 0.631. The number of carbonyl (C=O) groups excluding carboxylic acids is 2. The first-order valence-corrected chi connectivity index (χ1v) is 10.2. The van der Waals surface area contributed by atoms with E-state index in [1.807, 2.05) is 6.07 Å². The van der Waals surface area contributed by atoms with Gasteiger partial charge in [0.15, 0.2) is 5.76 Å². The van der Waals surface area contributed by atoms with Crippen LogP contribution in [0.15, 0.2) is 94.0 Å². The number of hydrogen-bond donors (Lipinski definition) is 1. The van der Waals surface area contributed by atoms with Gasteiger partial charge in [0.1, 0.15) is 36.2 Å². The summed E-state index contributed by atoms with van der Waals surface area (Å²) in [6.07, 6.45) is 1.50. The molecule has 0 radical (unpaired) electrons. The Morgan fingerprint density at radius 2 is 1.70 bits per heavy atom. The van der Waals surface area contributed by atoms with Crippen LogP contribution >= 0.6 is 0 Å². The van der Waals surface area contributed by atoms with Crippen molar-refractivity contribution in [1.82, 2.24) is 4.90 Å². The minimum Gasteiger partial charge on any atom is -0.486 e. The number of nitrogens with one attached hydrogen (secondary N) is 1. The molecule has 0 saturated carbocycles. The Labute approximate surface area is 189 Å². The maximum absolute atomic E-state index is 13.1. The zero-order valence-electron chi connectivity index (χ0n) is 17.6. The van der Waals surface area contributed by atoms with Crippen molar-refractivity contribution in [3.8, 4) is 5.75 Å². The van der Waals surface area contributed by atoms with Crippen LogP contribution < -0.4 is 10.1 Å². The van der Waals surface area contributed by atoms with Crippen LogP contribution in [0.1, 0.15) is 22.1 Å². The predicted octanol–water partition coefficient (Wildman–Crippen LogP) is 4.87. The van der Waals surface area contributed by atoms with Crippen LogP contribution in [0.4, 0.5) is 10.1 Å². The second-order valence-corrected chi connectivity index (χ2v) is 7.16. The zero-order valence-corrected chi connectivity index (χ0v) is 17.6. The van der Waals surface area contributed by atoms with Crippen molar-refractivity contribution in [2.75, 3.05) is 11.9 Å². The summed E-state index contributed by atoms with van der Waals surface area (Å²) >= 11 is 0. The summed E-state index contributed by atoms with van der Waals surface area (Å²) in [6.45, 7) is -0.0434.